The van der Waals surface area contributed by atoms with Gasteiger partial charge in [-0.2, -0.15) is 13.7 Å². The molecule has 36 nitrogen and oxygen atoms in total. The normalized spacial score (nSPS) is 11.4. The molecule has 12 aromatic rings. The zero-order valence-electron chi connectivity index (χ0n) is 80.3. The van der Waals surface area contributed by atoms with Crippen LogP contribution in [0.2, 0.25) is 0 Å². The first-order valence-electron chi connectivity index (χ1n) is 42.1. The van der Waals surface area contributed by atoms with Gasteiger partial charge in [0.05, 0.1) is 77.6 Å². The molecule has 1 saturated carbocycles. The number of nitrogens with zero attached hydrogens (tertiary/aromatic N) is 8. The molecule has 4 aliphatic heterocycles. The summed E-state index contributed by atoms with van der Waals surface area (Å²) in [6, 6.07) is 45.4. The molecule has 0 spiro atoms. The Labute approximate surface area is 899 Å². The zero-order valence-corrected chi connectivity index (χ0v) is 90.3. The van der Waals surface area contributed by atoms with Crippen molar-refractivity contribution < 1.29 is 131 Å². The fourth-order valence-electron chi connectivity index (χ4n) is 13.2. The van der Waals surface area contributed by atoms with E-state index in [1.54, 1.807) is 88.4 Å². The van der Waals surface area contributed by atoms with Crippen molar-refractivity contribution in [1.82, 2.24) is 51.0 Å². The SMILES string of the molecule is Brc1cccc(-c2nncn2C2CC2)n1.C.C.COC(=O)c1cc(OC)c(C)cc1Br.COC(=O)c1cc(OC)c(C)cc1C#N.COc1cc(C(=O)O)c(Br)cc1C.COc1cc(C(=O)O)ccc1C.COc1cc2c(cc1C)CNC2=O.Cc1cc2c(cc1-c1cccnc1)C(=O)NC2.Cc1cc2c(cc1C)C(=O)NC2.Cc1cc2c(cc1O)C(=O)NC2.O=S(=O)(O)O.OB(O)c1cccnc1.[C-]#N.[Cl][Al]([Cl])[Cl].[Cu+]. The number of hydrogen-bond donors (Lipinski definition) is 11. The van der Waals surface area contributed by atoms with Crippen LogP contribution in [0, 0.1) is 85.5 Å². The molecule has 8 heterocycles. The number of carbonyl (C=O) groups is 8. The molecule has 4 amide bonds. The number of halogens is 6. The third kappa shape index (κ3) is 40.2. The van der Waals surface area contributed by atoms with Crippen molar-refractivity contribution in [2.75, 3.05) is 49.8 Å². The molecule has 778 valence electrons. The Hall–Kier alpha value is -12.9. The molecule has 11 N–H and O–H groups in total. The minimum atomic E-state index is -4.67. The number of esters is 2. The van der Waals surface area contributed by atoms with Gasteiger partial charge in [-0.15, -0.1) is 10.2 Å². The summed E-state index contributed by atoms with van der Waals surface area (Å²) >= 11 is 8.10. The number of pyridine rings is 3. The quantitative estimate of drug-likeness (QED) is 0.0168. The van der Waals surface area contributed by atoms with Gasteiger partial charge in [0.25, 0.3) is 23.6 Å². The number of aryl methyl sites for hydroxylation is 9. The average Bonchev–Trinajstić information content (AvgIpc) is 1.65. The van der Waals surface area contributed by atoms with Gasteiger partial charge in [0.15, 0.2) is 5.82 Å². The van der Waals surface area contributed by atoms with Crippen LogP contribution in [0.15, 0.2) is 190 Å². The van der Waals surface area contributed by atoms with Crippen LogP contribution in [0.1, 0.15) is 194 Å². The zero-order chi connectivity index (χ0) is 107. The second kappa shape index (κ2) is 63.5. The van der Waals surface area contributed by atoms with Gasteiger partial charge in [-0.3, -0.25) is 38.3 Å². The molecule has 0 unspecified atom stereocenters. The van der Waals surface area contributed by atoms with Crippen molar-refractivity contribution in [3.63, 3.8) is 0 Å². The number of benzene rings is 8. The number of nitriles is 1. The van der Waals surface area contributed by atoms with Gasteiger partial charge in [-0.05, 0) is 310 Å². The molecule has 5 aliphatic rings. The predicted molar refractivity (Wildman–Crippen MR) is 562 cm³/mol. The number of carbonyl (C=O) groups excluding carboxylic acids is 6. The van der Waals surface area contributed by atoms with E-state index in [-0.39, 0.29) is 84.0 Å². The van der Waals surface area contributed by atoms with Crippen LogP contribution in [0.3, 0.4) is 0 Å². The first kappa shape index (κ1) is 129. The summed E-state index contributed by atoms with van der Waals surface area (Å²) in [6.45, 7) is 24.7. The molecule has 46 heteroatoms. The number of aromatic carboxylic acids is 2. The average molecular weight is 2340 g/mol. The number of hydrogen-bond acceptors (Lipinski definition) is 27. The maximum absolute atomic E-state index is 11.6. The summed E-state index contributed by atoms with van der Waals surface area (Å²) in [5, 5.41) is 78.1. The van der Waals surface area contributed by atoms with E-state index < -0.39 is 46.8 Å². The summed E-state index contributed by atoms with van der Waals surface area (Å²) in [6.07, 6.45) is 10.8. The van der Waals surface area contributed by atoms with Crippen molar-refractivity contribution in [2.24, 2.45) is 0 Å². The Balaban J connectivity index is 0.000000542. The number of phenols is 1. The van der Waals surface area contributed by atoms with Gasteiger partial charge in [0.1, 0.15) is 57.2 Å². The van der Waals surface area contributed by atoms with E-state index in [0.717, 1.165) is 105 Å². The maximum atomic E-state index is 11.6. The minimum absolute atomic E-state index is 0. The number of carboxylic acid groups (broad SMARTS) is 2. The smallest absolute Gasteiger partial charge is 0.512 e. The van der Waals surface area contributed by atoms with Crippen molar-refractivity contribution in [3.05, 3.63) is 319 Å². The van der Waals surface area contributed by atoms with E-state index in [9.17, 15) is 43.5 Å². The van der Waals surface area contributed by atoms with E-state index in [1.165, 1.54) is 95.5 Å². The Morgan fingerprint density at radius 1 is 0.500 bits per heavy atom. The van der Waals surface area contributed by atoms with E-state index in [0.29, 0.717) is 86.3 Å². The third-order valence-corrected chi connectivity index (χ3v) is 22.4. The Kier molecular flexibility index (Phi) is 56.2. The van der Waals surface area contributed by atoms with Gasteiger partial charge in [0, 0.05) is 99.2 Å². The van der Waals surface area contributed by atoms with Crippen molar-refractivity contribution >= 4 is 160 Å². The number of rotatable bonds is 13. The molecule has 0 atom stereocenters. The Morgan fingerprint density at radius 2 is 0.904 bits per heavy atom. The third-order valence-electron chi connectivity index (χ3n) is 20.7. The number of fused-ring (bicyclic) bond motifs is 4. The number of phenolic OH excluding ortho intramolecular Hbond substituents is 1. The van der Waals surface area contributed by atoms with Crippen molar-refractivity contribution in [1.29, 1.82) is 10.5 Å². The number of amides is 4. The molecule has 1 fully saturated rings. The van der Waals surface area contributed by atoms with Gasteiger partial charge in [0.2, 0.25) is 0 Å². The number of ether oxygens (including phenoxy) is 7. The first-order valence-corrected chi connectivity index (χ1v) is 51.1. The summed E-state index contributed by atoms with van der Waals surface area (Å²) in [5.41, 5.74) is 21.2. The monoisotopic (exact) mass is 2340 g/mol. The molecule has 8 aromatic carbocycles. The van der Waals surface area contributed by atoms with Crippen molar-refractivity contribution in [3.8, 4) is 63.2 Å². The predicted octanol–water partition coefficient (Wildman–Crippen LogP) is 18.0. The molecular weight excluding hydrogens is 2230 g/mol. The summed E-state index contributed by atoms with van der Waals surface area (Å²) in [7, 11) is 19.1. The summed E-state index contributed by atoms with van der Waals surface area (Å²) < 4.78 is 70.3. The number of carboxylic acids is 2. The number of aromatic nitrogens is 6. The van der Waals surface area contributed by atoms with Gasteiger partial charge >= 0.3 is 69.8 Å². The standard InChI is InChI=1S/C14H12N2O.C11H11NO3.C10H9BrN4.C10H11BrO3.C10H11NO2.C10H11NO.C9H9BrO3.C9H9NO2.C9H10O3.C5H6BNO2.CN.2CH4.Al.3ClH.Cu.H2O4S/c1-9-5-11-8-16-14(17)13(11)6-12(9)10-3-2-4-15-7-10;1-7-4-8(6-12)9(11(13)15-3)5-10(7)14-2;11-9-3-1-2-8(13-9)10-14-12-6-15(10)7-4-5-7;1-6-4-8(11)7(10(12)14-3)5-9(6)13-2;1-6-3-7-5-11-10(12)8(7)4-9(6)13-2;1-6-3-8-5-11-10(12)9(8)4-7(6)2;1-5-3-7(10)6(9(11)12)4-8(5)13-2;1-5-2-6-4-10-9(12)7(6)3-8(5)11;1-6-3-4-7(9(10)11)5-8(6)12-2;8-6(9)5-2-1-3-7-4-5;1-2;;;;;;;;1-5(2,3)4/h2-7H,8H2,1H3,(H,16,17);4-5H,1-3H3;1-3,6-7H,4-5H2;4-5H,1-3H3;3-4H,5H2,1-2H3,(H,11,12);3-4H,5H2,1-2H3,(H,11,12);3-4H,1-2H3,(H,11,12);2-3,11H,4H2,1H3,(H,10,12);3-5H,1-2H3,(H,10,11);1-4,8-9H;;2*1H4;;3*1H;;(H2,1,2,3,4)/q;;;;;;;;;;-1;;;+3;;;;+1;/p-3. The molecule has 1 aliphatic carbocycles. The molecule has 0 saturated heterocycles. The van der Waals surface area contributed by atoms with Crippen LogP contribution < -0.4 is 50.4 Å². The van der Waals surface area contributed by atoms with E-state index in [4.69, 9.17) is 109 Å². The first-order chi connectivity index (χ1) is 67.7. The van der Waals surface area contributed by atoms with Crippen LogP contribution in [0.5, 0.6) is 34.5 Å². The molecule has 17 rings (SSSR count). The van der Waals surface area contributed by atoms with Crippen LogP contribution in [-0.2, 0) is 63.1 Å². The second-order valence-corrected chi connectivity index (χ2v) is 40.4. The molecule has 0 bridgehead atoms. The van der Waals surface area contributed by atoms with Crippen LogP contribution >= 0.6 is 77.9 Å². The van der Waals surface area contributed by atoms with Gasteiger partial charge in [-0.25, -0.2) is 54.3 Å². The van der Waals surface area contributed by atoms with E-state index >= 15 is 0 Å². The Bertz CT molecular complexity index is 6630. The maximum Gasteiger partial charge on any atom is 1.00 e. The van der Waals surface area contributed by atoms with Crippen LogP contribution in [0.25, 0.3) is 22.6 Å². The molecule has 0 radical (unpaired) electrons. The summed E-state index contributed by atoms with van der Waals surface area (Å²) in [5.74, 6) is 1.41. The van der Waals surface area contributed by atoms with Crippen LogP contribution in [0.4, 0.5) is 0 Å². The molecule has 146 heavy (non-hydrogen) atoms. The Morgan fingerprint density at radius 3 is 1.34 bits per heavy atom. The number of aromatic hydroxyl groups is 1. The fraction of sp³-hybridized carbons (Fsp3) is 0.250. The van der Waals surface area contributed by atoms with E-state index in [1.807, 2.05) is 114 Å². The molecule has 4 aromatic heterocycles. The largest absolute Gasteiger partial charge is 1.00 e. The minimum Gasteiger partial charge on any atom is -0.512 e. The summed E-state index contributed by atoms with van der Waals surface area (Å²) in [4.78, 5) is 101. The fourth-order valence-corrected chi connectivity index (χ4v) is 14.8. The topological polar surface area (TPSA) is 542 Å². The van der Waals surface area contributed by atoms with Crippen molar-refractivity contribution in [2.45, 2.75) is 122 Å². The number of methoxy groups -OCH3 is 7. The van der Waals surface area contributed by atoms with Crippen LogP contribution in [-0.4, -0.2) is 188 Å². The van der Waals surface area contributed by atoms with Gasteiger partial charge < -0.3 is 96.2 Å². The number of nitrogens with one attached hydrogen (secondary N) is 4. The van der Waals surface area contributed by atoms with E-state index in [2.05, 4.69) is 134 Å². The molecular formula is C100H109AlBBr3Cl3CuN12O24S. The van der Waals surface area contributed by atoms with Gasteiger partial charge in [-0.1, -0.05) is 51.3 Å². The second-order valence-electron chi connectivity index (χ2n) is 30.5.